The minimum absolute atomic E-state index is 0.0103. The number of esters is 1. The molecular formula is C19H19FN2O5. The van der Waals surface area contributed by atoms with Gasteiger partial charge in [0.25, 0.3) is 5.91 Å². The van der Waals surface area contributed by atoms with E-state index in [1.54, 1.807) is 19.1 Å². The third-order valence-corrected chi connectivity index (χ3v) is 3.54. The van der Waals surface area contributed by atoms with Crippen LogP contribution >= 0.6 is 0 Å². The van der Waals surface area contributed by atoms with Gasteiger partial charge >= 0.3 is 5.97 Å². The molecule has 0 saturated carbocycles. The molecule has 0 saturated heterocycles. The minimum atomic E-state index is -0.817. The summed E-state index contributed by atoms with van der Waals surface area (Å²) in [5, 5.41) is 5.12. The predicted octanol–water partition coefficient (Wildman–Crippen LogP) is 2.90. The van der Waals surface area contributed by atoms with Crippen molar-refractivity contribution in [1.29, 1.82) is 0 Å². The van der Waals surface area contributed by atoms with Crippen molar-refractivity contribution >= 4 is 29.2 Å². The molecule has 8 heteroatoms. The molecule has 142 valence electrons. The van der Waals surface area contributed by atoms with E-state index >= 15 is 0 Å². The Morgan fingerprint density at radius 2 is 1.81 bits per heavy atom. The van der Waals surface area contributed by atoms with Gasteiger partial charge < -0.3 is 20.1 Å². The predicted molar refractivity (Wildman–Crippen MR) is 97.3 cm³/mol. The van der Waals surface area contributed by atoms with Gasteiger partial charge in [-0.25, -0.2) is 9.18 Å². The van der Waals surface area contributed by atoms with Gasteiger partial charge in [0, 0.05) is 12.6 Å². The quantitative estimate of drug-likeness (QED) is 0.759. The van der Waals surface area contributed by atoms with Gasteiger partial charge in [0.2, 0.25) is 5.91 Å². The lowest BCUT2D eigenvalue weighted by molar-refractivity contribution is -0.119. The Morgan fingerprint density at radius 1 is 1.07 bits per heavy atom. The second-order valence-corrected chi connectivity index (χ2v) is 5.68. The number of carbonyl (C=O) groups is 3. The van der Waals surface area contributed by atoms with Crippen LogP contribution in [0.5, 0.6) is 5.75 Å². The molecule has 7 nitrogen and oxygen atoms in total. The fourth-order valence-electron chi connectivity index (χ4n) is 2.21. The zero-order valence-electron chi connectivity index (χ0n) is 15.1. The van der Waals surface area contributed by atoms with Gasteiger partial charge in [-0.1, -0.05) is 6.07 Å². The Kier molecular flexibility index (Phi) is 6.48. The SMILES string of the molecule is COc1ccc(NC(C)=O)cc1NC(=O)COC(=O)c1ccc(C)c(F)c1. The lowest BCUT2D eigenvalue weighted by atomic mass is 10.1. The average molecular weight is 374 g/mol. The Morgan fingerprint density at radius 3 is 2.44 bits per heavy atom. The monoisotopic (exact) mass is 374 g/mol. The zero-order valence-corrected chi connectivity index (χ0v) is 15.1. The highest BCUT2D eigenvalue weighted by atomic mass is 19.1. The smallest absolute Gasteiger partial charge is 0.338 e. The molecule has 0 unspecified atom stereocenters. The van der Waals surface area contributed by atoms with Crippen molar-refractivity contribution in [1.82, 2.24) is 0 Å². The molecule has 2 aromatic rings. The van der Waals surface area contributed by atoms with Crippen LogP contribution in [0, 0.1) is 12.7 Å². The molecule has 0 radical (unpaired) electrons. The van der Waals surface area contributed by atoms with Crippen LogP contribution in [0.15, 0.2) is 36.4 Å². The number of halogens is 1. The topological polar surface area (TPSA) is 93.7 Å². The summed E-state index contributed by atoms with van der Waals surface area (Å²) in [6, 6.07) is 8.61. The van der Waals surface area contributed by atoms with Gasteiger partial charge in [-0.2, -0.15) is 0 Å². The second kappa shape index (κ2) is 8.79. The first kappa shape index (κ1) is 19.9. The molecule has 0 aliphatic heterocycles. The van der Waals surface area contributed by atoms with E-state index in [1.807, 2.05) is 0 Å². The first-order chi connectivity index (χ1) is 12.8. The summed E-state index contributed by atoms with van der Waals surface area (Å²) in [4.78, 5) is 35.1. The van der Waals surface area contributed by atoms with Crippen molar-refractivity contribution in [3.63, 3.8) is 0 Å². The normalized spacial score (nSPS) is 10.1. The third-order valence-electron chi connectivity index (χ3n) is 3.54. The average Bonchev–Trinajstić information content (AvgIpc) is 2.61. The lowest BCUT2D eigenvalue weighted by Crippen LogP contribution is -2.21. The molecule has 27 heavy (non-hydrogen) atoms. The summed E-state index contributed by atoms with van der Waals surface area (Å²) in [7, 11) is 1.43. The van der Waals surface area contributed by atoms with E-state index < -0.39 is 24.3 Å². The van der Waals surface area contributed by atoms with Crippen molar-refractivity contribution in [3.8, 4) is 5.75 Å². The van der Waals surface area contributed by atoms with Crippen molar-refractivity contribution < 1.29 is 28.2 Å². The number of anilines is 2. The number of amides is 2. The van der Waals surface area contributed by atoms with Gasteiger partial charge in [0.1, 0.15) is 11.6 Å². The van der Waals surface area contributed by atoms with Gasteiger partial charge in [0.15, 0.2) is 6.61 Å². The van der Waals surface area contributed by atoms with E-state index in [0.29, 0.717) is 22.7 Å². The summed E-state index contributed by atoms with van der Waals surface area (Å²) in [6.45, 7) is 2.36. The minimum Gasteiger partial charge on any atom is -0.495 e. The highest BCUT2D eigenvalue weighted by Gasteiger charge is 2.14. The van der Waals surface area contributed by atoms with Crippen LogP contribution in [0.3, 0.4) is 0 Å². The molecule has 0 fully saturated rings. The number of aryl methyl sites for hydroxylation is 1. The number of nitrogens with one attached hydrogen (secondary N) is 2. The maximum atomic E-state index is 13.5. The first-order valence-corrected chi connectivity index (χ1v) is 7.99. The van der Waals surface area contributed by atoms with Crippen LogP contribution in [-0.2, 0) is 14.3 Å². The molecule has 0 atom stereocenters. The maximum absolute atomic E-state index is 13.5. The van der Waals surface area contributed by atoms with Crippen LogP contribution in [-0.4, -0.2) is 31.5 Å². The second-order valence-electron chi connectivity index (χ2n) is 5.68. The third kappa shape index (κ3) is 5.53. The van der Waals surface area contributed by atoms with Crippen LogP contribution in [0.2, 0.25) is 0 Å². The van der Waals surface area contributed by atoms with Crippen molar-refractivity contribution in [2.45, 2.75) is 13.8 Å². The molecule has 0 aliphatic carbocycles. The number of methoxy groups -OCH3 is 1. The molecule has 0 bridgehead atoms. The molecule has 0 spiro atoms. The standard InChI is InChI=1S/C19H19FN2O5/c1-11-4-5-13(8-15(11)20)19(25)27-10-18(24)22-16-9-14(21-12(2)23)6-7-17(16)26-3/h4-9H,10H2,1-3H3,(H,21,23)(H,22,24). The molecule has 0 heterocycles. The zero-order chi connectivity index (χ0) is 20.0. The van der Waals surface area contributed by atoms with Gasteiger partial charge in [0.05, 0.1) is 18.4 Å². The van der Waals surface area contributed by atoms with E-state index in [9.17, 15) is 18.8 Å². The Balaban J connectivity index is 2.01. The summed E-state index contributed by atoms with van der Waals surface area (Å²) < 4.78 is 23.6. The number of carbonyl (C=O) groups excluding carboxylic acids is 3. The number of hydrogen-bond acceptors (Lipinski definition) is 5. The molecule has 2 rings (SSSR count). The van der Waals surface area contributed by atoms with Crippen LogP contribution in [0.1, 0.15) is 22.8 Å². The Labute approximate surface area is 155 Å². The molecule has 2 aromatic carbocycles. The highest BCUT2D eigenvalue weighted by molar-refractivity contribution is 5.97. The van der Waals surface area contributed by atoms with E-state index in [-0.39, 0.29) is 11.5 Å². The van der Waals surface area contributed by atoms with E-state index in [4.69, 9.17) is 9.47 Å². The lowest BCUT2D eigenvalue weighted by Gasteiger charge is -2.12. The van der Waals surface area contributed by atoms with Crippen molar-refractivity contribution in [3.05, 3.63) is 53.3 Å². The summed E-state index contributed by atoms with van der Waals surface area (Å²) in [6.07, 6.45) is 0. The summed E-state index contributed by atoms with van der Waals surface area (Å²) in [5.74, 6) is -1.87. The van der Waals surface area contributed by atoms with E-state index in [0.717, 1.165) is 6.07 Å². The fourth-order valence-corrected chi connectivity index (χ4v) is 2.21. The Hall–Kier alpha value is -3.42. The van der Waals surface area contributed by atoms with Crippen LogP contribution in [0.4, 0.5) is 15.8 Å². The van der Waals surface area contributed by atoms with Gasteiger partial charge in [-0.15, -0.1) is 0 Å². The van der Waals surface area contributed by atoms with E-state index in [1.165, 1.54) is 32.2 Å². The molecule has 2 amide bonds. The first-order valence-electron chi connectivity index (χ1n) is 7.99. The summed E-state index contributed by atoms with van der Waals surface area (Å²) >= 11 is 0. The van der Waals surface area contributed by atoms with Crippen molar-refractivity contribution in [2.75, 3.05) is 24.4 Å². The number of benzene rings is 2. The van der Waals surface area contributed by atoms with E-state index in [2.05, 4.69) is 10.6 Å². The van der Waals surface area contributed by atoms with Crippen molar-refractivity contribution in [2.24, 2.45) is 0 Å². The maximum Gasteiger partial charge on any atom is 0.338 e. The highest BCUT2D eigenvalue weighted by Crippen LogP contribution is 2.27. The molecule has 0 aromatic heterocycles. The summed E-state index contributed by atoms with van der Waals surface area (Å²) in [5.41, 5.74) is 1.17. The molecular weight excluding hydrogens is 355 g/mol. The number of ether oxygens (including phenoxy) is 2. The van der Waals surface area contributed by atoms with Gasteiger partial charge in [-0.3, -0.25) is 9.59 Å². The fraction of sp³-hybridized carbons (Fsp3) is 0.211. The molecule has 0 aliphatic rings. The molecule has 2 N–H and O–H groups in total. The van der Waals surface area contributed by atoms with Crippen LogP contribution < -0.4 is 15.4 Å². The van der Waals surface area contributed by atoms with Gasteiger partial charge in [-0.05, 0) is 42.8 Å². The number of rotatable bonds is 6. The largest absolute Gasteiger partial charge is 0.495 e. The Bertz CT molecular complexity index is 882. The van der Waals surface area contributed by atoms with Crippen LogP contribution in [0.25, 0.3) is 0 Å². The number of hydrogen-bond donors (Lipinski definition) is 2.